The number of ether oxygens (including phenoxy) is 1. The molecule has 0 saturated heterocycles. The number of anilines is 1. The van der Waals surface area contributed by atoms with Crippen molar-refractivity contribution >= 4 is 23.3 Å². The summed E-state index contributed by atoms with van der Waals surface area (Å²) in [4.78, 5) is 11.5. The molecular weight excluding hydrogens is 276 g/mol. The first-order valence-electron chi connectivity index (χ1n) is 6.68. The maximum absolute atomic E-state index is 11.5. The summed E-state index contributed by atoms with van der Waals surface area (Å²) in [5.41, 5.74) is 1.35. The molecule has 0 radical (unpaired) electrons. The maximum atomic E-state index is 11.5. The zero-order valence-electron chi connectivity index (χ0n) is 11.4. The topological polar surface area (TPSA) is 62.1 Å². The fourth-order valence-electron chi connectivity index (χ4n) is 2.59. The minimum atomic E-state index is -0.118. The van der Waals surface area contributed by atoms with Crippen LogP contribution in [0.3, 0.4) is 0 Å². The Morgan fingerprint density at radius 3 is 2.70 bits per heavy atom. The highest BCUT2D eigenvalue weighted by Gasteiger charge is 2.27. The predicted molar refractivity (Wildman–Crippen MR) is 77.6 cm³/mol. The average molecular weight is 293 g/mol. The van der Waals surface area contributed by atoms with E-state index in [1.807, 2.05) is 6.07 Å². The molecule has 0 spiro atoms. The number of nitriles is 1. The lowest BCUT2D eigenvalue weighted by Crippen LogP contribution is -2.30. The Hall–Kier alpha value is -1.73. The summed E-state index contributed by atoms with van der Waals surface area (Å²) in [6.45, 7) is 0. The molecule has 0 unspecified atom stereocenters. The molecule has 0 heterocycles. The van der Waals surface area contributed by atoms with Crippen LogP contribution in [0, 0.1) is 17.2 Å². The second-order valence-electron chi connectivity index (χ2n) is 5.02. The molecule has 1 aromatic carbocycles. The van der Waals surface area contributed by atoms with Gasteiger partial charge in [0.05, 0.1) is 24.3 Å². The fraction of sp³-hybridized carbons (Fsp3) is 0.467. The quantitative estimate of drug-likeness (QED) is 0.868. The van der Waals surface area contributed by atoms with Gasteiger partial charge in [0.15, 0.2) is 0 Å². The highest BCUT2D eigenvalue weighted by Crippen LogP contribution is 2.29. The molecule has 0 aliphatic heterocycles. The molecule has 106 valence electrons. The Morgan fingerprint density at radius 1 is 1.40 bits per heavy atom. The molecule has 1 fully saturated rings. The van der Waals surface area contributed by atoms with Crippen molar-refractivity contribution in [3.05, 3.63) is 28.8 Å². The summed E-state index contributed by atoms with van der Waals surface area (Å²) >= 11 is 5.88. The van der Waals surface area contributed by atoms with Gasteiger partial charge in [0.1, 0.15) is 6.07 Å². The van der Waals surface area contributed by atoms with Crippen LogP contribution in [-0.2, 0) is 9.53 Å². The molecule has 20 heavy (non-hydrogen) atoms. The summed E-state index contributed by atoms with van der Waals surface area (Å²) in [5, 5.41) is 13.0. The molecule has 1 aromatic rings. The van der Waals surface area contributed by atoms with Gasteiger partial charge in [-0.05, 0) is 43.9 Å². The van der Waals surface area contributed by atoms with Gasteiger partial charge < -0.3 is 10.1 Å². The van der Waals surface area contributed by atoms with Crippen LogP contribution in [0.5, 0.6) is 0 Å². The van der Waals surface area contributed by atoms with E-state index in [-0.39, 0.29) is 17.9 Å². The third kappa shape index (κ3) is 3.43. The Kier molecular flexibility index (Phi) is 4.86. The Morgan fingerprint density at radius 2 is 2.10 bits per heavy atom. The molecule has 1 aliphatic carbocycles. The van der Waals surface area contributed by atoms with E-state index in [0.717, 1.165) is 31.4 Å². The monoisotopic (exact) mass is 292 g/mol. The van der Waals surface area contributed by atoms with Crippen LogP contribution in [0.2, 0.25) is 5.02 Å². The van der Waals surface area contributed by atoms with E-state index in [0.29, 0.717) is 10.6 Å². The summed E-state index contributed by atoms with van der Waals surface area (Å²) in [6, 6.07) is 7.67. The minimum Gasteiger partial charge on any atom is -0.469 e. The number of benzene rings is 1. The van der Waals surface area contributed by atoms with Crippen LogP contribution in [0.25, 0.3) is 0 Å². The van der Waals surface area contributed by atoms with Crippen LogP contribution in [0.15, 0.2) is 18.2 Å². The Bertz CT molecular complexity index is 531. The highest BCUT2D eigenvalue weighted by atomic mass is 35.5. The van der Waals surface area contributed by atoms with Crippen molar-refractivity contribution in [1.29, 1.82) is 5.26 Å². The van der Waals surface area contributed by atoms with Crippen LogP contribution in [0.1, 0.15) is 31.2 Å². The molecule has 0 aromatic heterocycles. The smallest absolute Gasteiger partial charge is 0.308 e. The third-order valence-corrected chi connectivity index (χ3v) is 3.96. The van der Waals surface area contributed by atoms with Gasteiger partial charge in [-0.3, -0.25) is 4.79 Å². The van der Waals surface area contributed by atoms with E-state index in [1.54, 1.807) is 12.1 Å². The summed E-state index contributed by atoms with van der Waals surface area (Å²) in [6.07, 6.45) is 3.43. The first kappa shape index (κ1) is 14.7. The lowest BCUT2D eigenvalue weighted by molar-refractivity contribution is -0.146. The first-order valence-corrected chi connectivity index (χ1v) is 7.06. The molecule has 1 aliphatic rings. The fourth-order valence-corrected chi connectivity index (χ4v) is 2.77. The summed E-state index contributed by atoms with van der Waals surface area (Å²) < 4.78 is 4.78. The molecule has 5 heteroatoms. The number of rotatable bonds is 3. The number of esters is 1. The lowest BCUT2D eigenvalue weighted by atomic mass is 9.86. The zero-order chi connectivity index (χ0) is 14.5. The Balaban J connectivity index is 1.96. The number of nitrogens with one attached hydrogen (secondary N) is 1. The summed E-state index contributed by atoms with van der Waals surface area (Å²) in [7, 11) is 1.43. The molecule has 0 bridgehead atoms. The number of hydrogen-bond acceptors (Lipinski definition) is 4. The maximum Gasteiger partial charge on any atom is 0.308 e. The highest BCUT2D eigenvalue weighted by molar-refractivity contribution is 6.30. The van der Waals surface area contributed by atoms with Gasteiger partial charge in [-0.15, -0.1) is 0 Å². The van der Waals surface area contributed by atoms with Gasteiger partial charge in [-0.2, -0.15) is 5.26 Å². The molecule has 0 amide bonds. The van der Waals surface area contributed by atoms with Crippen LogP contribution in [0.4, 0.5) is 5.69 Å². The molecule has 4 nitrogen and oxygen atoms in total. The van der Waals surface area contributed by atoms with Gasteiger partial charge in [0.2, 0.25) is 0 Å². The number of carbonyl (C=O) groups is 1. The SMILES string of the molecule is COC(=O)C1CCC(Nc2ccc(Cl)cc2C#N)CC1. The normalized spacial score (nSPS) is 21.9. The van der Waals surface area contributed by atoms with E-state index < -0.39 is 0 Å². The van der Waals surface area contributed by atoms with Crippen molar-refractivity contribution in [2.75, 3.05) is 12.4 Å². The predicted octanol–water partition coefficient (Wildman–Crippen LogP) is 3.36. The standard InChI is InChI=1S/C15H17ClN2O2/c1-20-15(19)10-2-5-13(6-3-10)18-14-7-4-12(16)8-11(14)9-17/h4,7-8,10,13,18H,2-3,5-6H2,1H3. The molecule has 1 N–H and O–H groups in total. The van der Waals surface area contributed by atoms with Crippen LogP contribution in [-0.4, -0.2) is 19.1 Å². The number of halogens is 1. The molecular formula is C15H17ClN2O2. The van der Waals surface area contributed by atoms with Gasteiger partial charge >= 0.3 is 5.97 Å². The van der Waals surface area contributed by atoms with Crippen molar-refractivity contribution in [2.45, 2.75) is 31.7 Å². The number of nitrogens with zero attached hydrogens (tertiary/aromatic N) is 1. The Labute approximate surface area is 123 Å². The van der Waals surface area contributed by atoms with Crippen molar-refractivity contribution < 1.29 is 9.53 Å². The van der Waals surface area contributed by atoms with E-state index in [4.69, 9.17) is 21.6 Å². The van der Waals surface area contributed by atoms with Crippen molar-refractivity contribution in [3.8, 4) is 6.07 Å². The van der Waals surface area contributed by atoms with Gasteiger partial charge in [0.25, 0.3) is 0 Å². The van der Waals surface area contributed by atoms with E-state index in [1.165, 1.54) is 7.11 Å². The van der Waals surface area contributed by atoms with Crippen molar-refractivity contribution in [2.24, 2.45) is 5.92 Å². The molecule has 1 saturated carbocycles. The molecule has 2 rings (SSSR count). The third-order valence-electron chi connectivity index (χ3n) is 3.72. The van der Waals surface area contributed by atoms with Crippen LogP contribution >= 0.6 is 11.6 Å². The zero-order valence-corrected chi connectivity index (χ0v) is 12.1. The number of carbonyl (C=O) groups excluding carboxylic acids is 1. The van der Waals surface area contributed by atoms with Gasteiger partial charge in [-0.25, -0.2) is 0 Å². The van der Waals surface area contributed by atoms with E-state index in [2.05, 4.69) is 11.4 Å². The van der Waals surface area contributed by atoms with E-state index in [9.17, 15) is 4.79 Å². The second-order valence-corrected chi connectivity index (χ2v) is 5.45. The van der Waals surface area contributed by atoms with Crippen molar-refractivity contribution in [1.82, 2.24) is 0 Å². The largest absolute Gasteiger partial charge is 0.469 e. The van der Waals surface area contributed by atoms with Gasteiger partial charge in [0, 0.05) is 11.1 Å². The number of methoxy groups -OCH3 is 1. The van der Waals surface area contributed by atoms with Gasteiger partial charge in [-0.1, -0.05) is 11.6 Å². The average Bonchev–Trinajstić information content (AvgIpc) is 2.49. The number of hydrogen-bond donors (Lipinski definition) is 1. The lowest BCUT2D eigenvalue weighted by Gasteiger charge is -2.28. The van der Waals surface area contributed by atoms with E-state index >= 15 is 0 Å². The molecule has 0 atom stereocenters. The van der Waals surface area contributed by atoms with Crippen LogP contribution < -0.4 is 5.32 Å². The minimum absolute atomic E-state index is 0.0127. The first-order chi connectivity index (χ1) is 9.63. The second kappa shape index (κ2) is 6.62. The van der Waals surface area contributed by atoms with Crippen molar-refractivity contribution in [3.63, 3.8) is 0 Å². The summed E-state index contributed by atoms with van der Waals surface area (Å²) in [5.74, 6) is -0.105.